The first kappa shape index (κ1) is 25.6. The second kappa shape index (κ2) is 11.4. The van der Waals surface area contributed by atoms with Crippen LogP contribution < -0.4 is 16.2 Å². The maximum atomic E-state index is 13.3. The van der Waals surface area contributed by atoms with Gasteiger partial charge >= 0.3 is 6.03 Å². The molecule has 1 aromatic carbocycles. The van der Waals surface area contributed by atoms with Crippen molar-refractivity contribution in [3.05, 3.63) is 69.4 Å². The average Bonchev–Trinajstić information content (AvgIpc) is 2.82. The number of aromatic hydroxyl groups is 1. The summed E-state index contributed by atoms with van der Waals surface area (Å²) in [6.45, 7) is 0.518. The van der Waals surface area contributed by atoms with Crippen LogP contribution in [0.4, 0.5) is 9.18 Å². The quantitative estimate of drug-likeness (QED) is 0.394. The van der Waals surface area contributed by atoms with Crippen LogP contribution in [-0.2, 0) is 17.7 Å². The van der Waals surface area contributed by atoms with Crippen molar-refractivity contribution >= 4 is 23.0 Å². The Balaban J connectivity index is 2.04. The Hall–Kier alpha value is -3.99. The van der Waals surface area contributed by atoms with E-state index in [1.807, 2.05) is 0 Å². The molecule has 0 atom stereocenters. The van der Waals surface area contributed by atoms with Crippen molar-refractivity contribution in [2.75, 3.05) is 40.9 Å². The summed E-state index contributed by atoms with van der Waals surface area (Å²) < 4.78 is 19.5. The van der Waals surface area contributed by atoms with E-state index >= 15 is 0 Å². The van der Waals surface area contributed by atoms with Gasteiger partial charge in [-0.15, -0.1) is 0 Å². The molecule has 0 aliphatic heterocycles. The first-order valence-electron chi connectivity index (χ1n) is 10.9. The molecule has 0 aliphatic carbocycles. The van der Waals surface area contributed by atoms with E-state index in [1.54, 1.807) is 32.3 Å². The van der Waals surface area contributed by atoms with Crippen LogP contribution in [0.5, 0.6) is 5.75 Å². The minimum absolute atomic E-state index is 0.0369. The van der Waals surface area contributed by atoms with E-state index in [-0.39, 0.29) is 43.6 Å². The van der Waals surface area contributed by atoms with E-state index in [0.717, 1.165) is 5.56 Å². The van der Waals surface area contributed by atoms with Gasteiger partial charge in [-0.1, -0.05) is 12.1 Å². The number of hydrogen-bond acceptors (Lipinski definition) is 6. The third-order valence-corrected chi connectivity index (χ3v) is 5.29. The molecule has 3 rings (SSSR count). The number of methoxy groups -OCH3 is 1. The van der Waals surface area contributed by atoms with Gasteiger partial charge in [-0.05, 0) is 35.7 Å². The van der Waals surface area contributed by atoms with Gasteiger partial charge in [0, 0.05) is 47.0 Å². The highest BCUT2D eigenvalue weighted by Crippen LogP contribution is 2.26. The number of rotatable bonds is 9. The second-order valence-electron chi connectivity index (χ2n) is 8.07. The molecule has 0 saturated heterocycles. The second-order valence-corrected chi connectivity index (χ2v) is 8.07. The lowest BCUT2D eigenvalue weighted by atomic mass is 10.1. The molecule has 3 aromatic rings. The summed E-state index contributed by atoms with van der Waals surface area (Å²) in [5.74, 6) is -1.63. The number of carbonyl (C=O) groups excluding carboxylic acids is 2. The van der Waals surface area contributed by atoms with Crippen LogP contribution in [0.25, 0.3) is 11.0 Å². The number of nitrogens with zero attached hydrogens (tertiary/aromatic N) is 3. The maximum Gasteiger partial charge on any atom is 0.316 e. The number of carbonyl (C=O) groups is 2. The third kappa shape index (κ3) is 6.12. The molecular weight excluding hydrogens is 457 g/mol. The molecule has 11 heteroatoms. The molecule has 0 radical (unpaired) electrons. The zero-order valence-corrected chi connectivity index (χ0v) is 19.8. The maximum absolute atomic E-state index is 13.3. The van der Waals surface area contributed by atoms with Crippen LogP contribution in [0.2, 0.25) is 0 Å². The number of nitrogens with one attached hydrogen (secondary N) is 2. The first-order chi connectivity index (χ1) is 16.7. The molecule has 35 heavy (non-hydrogen) atoms. The lowest BCUT2D eigenvalue weighted by molar-refractivity contribution is 0.0932. The van der Waals surface area contributed by atoms with Gasteiger partial charge in [0.1, 0.15) is 16.9 Å². The SMILES string of the molecule is COCCNC(=O)c1c(O)c2ncc(Cc3ccc(F)cc3)cc2n(CCNC(=O)N(C)C)c1=O. The first-order valence-corrected chi connectivity index (χ1v) is 10.9. The van der Waals surface area contributed by atoms with Gasteiger partial charge in [0.25, 0.3) is 11.5 Å². The molecule has 3 amide bonds. The van der Waals surface area contributed by atoms with Gasteiger partial charge in [-0.3, -0.25) is 14.6 Å². The normalized spacial score (nSPS) is 10.9. The lowest BCUT2D eigenvalue weighted by Gasteiger charge is -2.17. The van der Waals surface area contributed by atoms with Gasteiger partial charge in [-0.2, -0.15) is 0 Å². The van der Waals surface area contributed by atoms with Crippen molar-refractivity contribution in [1.29, 1.82) is 0 Å². The average molecular weight is 486 g/mol. The Kier molecular flexibility index (Phi) is 8.37. The summed E-state index contributed by atoms with van der Waals surface area (Å²) in [4.78, 5) is 43.6. The molecule has 2 heterocycles. The number of fused-ring (bicyclic) bond motifs is 1. The van der Waals surface area contributed by atoms with Crippen molar-refractivity contribution in [2.24, 2.45) is 0 Å². The Morgan fingerprint density at radius 2 is 1.86 bits per heavy atom. The number of benzene rings is 1. The fourth-order valence-electron chi connectivity index (χ4n) is 3.50. The number of aromatic nitrogens is 2. The summed E-state index contributed by atoms with van der Waals surface area (Å²) in [5, 5.41) is 16.0. The van der Waals surface area contributed by atoms with E-state index in [0.29, 0.717) is 17.5 Å². The van der Waals surface area contributed by atoms with E-state index in [4.69, 9.17) is 4.74 Å². The van der Waals surface area contributed by atoms with Crippen LogP contribution in [0, 0.1) is 5.82 Å². The van der Waals surface area contributed by atoms with E-state index in [1.165, 1.54) is 34.9 Å². The summed E-state index contributed by atoms with van der Waals surface area (Å²) in [5.41, 5.74) is 0.767. The Morgan fingerprint density at radius 3 is 2.51 bits per heavy atom. The summed E-state index contributed by atoms with van der Waals surface area (Å²) in [6.07, 6.45) is 1.94. The number of amides is 3. The molecule has 0 aliphatic rings. The minimum Gasteiger partial charge on any atom is -0.505 e. The largest absolute Gasteiger partial charge is 0.505 e. The third-order valence-electron chi connectivity index (χ3n) is 5.29. The van der Waals surface area contributed by atoms with E-state index < -0.39 is 22.8 Å². The van der Waals surface area contributed by atoms with Crippen molar-refractivity contribution in [2.45, 2.75) is 13.0 Å². The molecule has 186 valence electrons. The van der Waals surface area contributed by atoms with Crippen molar-refractivity contribution in [3.8, 4) is 5.75 Å². The molecule has 0 fully saturated rings. The molecule has 0 bridgehead atoms. The van der Waals surface area contributed by atoms with Crippen LogP contribution in [0.1, 0.15) is 21.5 Å². The lowest BCUT2D eigenvalue weighted by Crippen LogP contribution is -2.39. The number of urea groups is 1. The van der Waals surface area contributed by atoms with Gasteiger partial charge < -0.3 is 29.9 Å². The molecule has 0 saturated carbocycles. The molecule has 10 nitrogen and oxygen atoms in total. The fraction of sp³-hybridized carbons (Fsp3) is 0.333. The number of hydrogen-bond donors (Lipinski definition) is 3. The molecule has 2 aromatic heterocycles. The van der Waals surface area contributed by atoms with Crippen molar-refractivity contribution < 1.29 is 23.8 Å². The highest BCUT2D eigenvalue weighted by atomic mass is 19.1. The minimum atomic E-state index is -0.755. The van der Waals surface area contributed by atoms with Crippen molar-refractivity contribution in [1.82, 2.24) is 25.1 Å². The zero-order valence-electron chi connectivity index (χ0n) is 19.8. The van der Waals surface area contributed by atoms with Gasteiger partial charge in [0.2, 0.25) is 0 Å². The molecule has 0 spiro atoms. The van der Waals surface area contributed by atoms with Crippen LogP contribution in [0.3, 0.4) is 0 Å². The highest BCUT2D eigenvalue weighted by Gasteiger charge is 2.23. The number of ether oxygens (including phenoxy) is 1. The van der Waals surface area contributed by atoms with Crippen LogP contribution in [0.15, 0.2) is 41.3 Å². The van der Waals surface area contributed by atoms with E-state index in [2.05, 4.69) is 15.6 Å². The Bertz CT molecular complexity index is 1270. The van der Waals surface area contributed by atoms with E-state index in [9.17, 15) is 23.9 Å². The monoisotopic (exact) mass is 485 g/mol. The van der Waals surface area contributed by atoms with Gasteiger partial charge in [-0.25, -0.2) is 9.18 Å². The van der Waals surface area contributed by atoms with Gasteiger partial charge in [0.05, 0.1) is 12.1 Å². The summed E-state index contributed by atoms with van der Waals surface area (Å²) in [6, 6.07) is 7.35. The summed E-state index contributed by atoms with van der Waals surface area (Å²) >= 11 is 0. The summed E-state index contributed by atoms with van der Waals surface area (Å²) in [7, 11) is 4.65. The fourth-order valence-corrected chi connectivity index (χ4v) is 3.50. The number of pyridine rings is 2. The predicted molar refractivity (Wildman–Crippen MR) is 128 cm³/mol. The van der Waals surface area contributed by atoms with Crippen LogP contribution >= 0.6 is 0 Å². The Morgan fingerprint density at radius 1 is 1.14 bits per heavy atom. The van der Waals surface area contributed by atoms with Crippen molar-refractivity contribution in [3.63, 3.8) is 0 Å². The zero-order chi connectivity index (χ0) is 25.5. The molecule has 3 N–H and O–H groups in total. The highest BCUT2D eigenvalue weighted by molar-refractivity contribution is 6.01. The predicted octanol–water partition coefficient (Wildman–Crippen LogP) is 1.48. The smallest absolute Gasteiger partial charge is 0.316 e. The topological polar surface area (TPSA) is 126 Å². The number of halogens is 1. The van der Waals surface area contributed by atoms with Gasteiger partial charge in [0.15, 0.2) is 5.75 Å². The van der Waals surface area contributed by atoms with Crippen LogP contribution in [-0.4, -0.2) is 72.4 Å². The standard InChI is InChI=1S/C24H28FN5O5/c1-29(2)24(34)27-8-10-30-18-13-16(12-15-4-6-17(25)7-5-15)14-28-20(18)21(31)19(23(30)33)22(32)26-9-11-35-3/h4-7,13-14,31H,8-12H2,1-3H3,(H,26,32)(H,27,34). The Labute approximate surface area is 201 Å². The molecular formula is C24H28FN5O5. The molecule has 0 unspecified atom stereocenters.